The van der Waals surface area contributed by atoms with Crippen molar-refractivity contribution in [1.29, 1.82) is 0 Å². The predicted octanol–water partition coefficient (Wildman–Crippen LogP) is 3.12. The van der Waals surface area contributed by atoms with Crippen LogP contribution in [0, 0.1) is 0 Å². The second kappa shape index (κ2) is 4.30. The van der Waals surface area contributed by atoms with E-state index in [4.69, 9.17) is 0 Å². The summed E-state index contributed by atoms with van der Waals surface area (Å²) in [7, 11) is 0. The van der Waals surface area contributed by atoms with Crippen LogP contribution in [0.15, 0.2) is 36.7 Å². The second-order valence-electron chi connectivity index (χ2n) is 3.75. The lowest BCUT2D eigenvalue weighted by Gasteiger charge is -2.13. The fourth-order valence-electron chi connectivity index (χ4n) is 1.94. The first-order valence-electron chi connectivity index (χ1n) is 5.40. The Morgan fingerprint density at radius 2 is 2.13 bits per heavy atom. The summed E-state index contributed by atoms with van der Waals surface area (Å²) in [4.78, 5) is 7.49. The zero-order valence-electron chi connectivity index (χ0n) is 9.20. The smallest absolute Gasteiger partial charge is 0.113 e. The molecule has 0 aliphatic carbocycles. The van der Waals surface area contributed by atoms with E-state index in [1.165, 1.54) is 11.1 Å². The number of hydrogen-bond donors (Lipinski definition) is 1. The first-order valence-corrected chi connectivity index (χ1v) is 5.40. The van der Waals surface area contributed by atoms with Crippen molar-refractivity contribution in [3.05, 3.63) is 53.6 Å². The fourth-order valence-corrected chi connectivity index (χ4v) is 1.94. The van der Waals surface area contributed by atoms with Crippen LogP contribution in [0.5, 0.6) is 0 Å². The third kappa shape index (κ3) is 1.94. The lowest BCUT2D eigenvalue weighted by Crippen LogP contribution is -2.02. The molecule has 0 saturated carbocycles. The van der Waals surface area contributed by atoms with Gasteiger partial charge in [0.2, 0.25) is 0 Å². The molecular formula is C13H16N2. The summed E-state index contributed by atoms with van der Waals surface area (Å²) < 4.78 is 0. The number of hydrogen-bond acceptors (Lipinski definition) is 1. The molecule has 2 nitrogen and oxygen atoms in total. The molecule has 1 aromatic heterocycles. The van der Waals surface area contributed by atoms with Crippen LogP contribution in [-0.4, -0.2) is 9.97 Å². The molecule has 0 aliphatic rings. The lowest BCUT2D eigenvalue weighted by molar-refractivity contribution is 0.823. The van der Waals surface area contributed by atoms with Crippen LogP contribution in [0.1, 0.15) is 36.7 Å². The van der Waals surface area contributed by atoms with Crippen molar-refractivity contribution in [1.82, 2.24) is 9.97 Å². The molecular weight excluding hydrogens is 184 g/mol. The number of aryl methyl sites for hydroxylation is 1. The van der Waals surface area contributed by atoms with E-state index in [0.717, 1.165) is 12.2 Å². The summed E-state index contributed by atoms with van der Waals surface area (Å²) in [6, 6.07) is 8.56. The zero-order valence-corrected chi connectivity index (χ0v) is 9.20. The molecule has 15 heavy (non-hydrogen) atoms. The molecule has 1 heterocycles. The first kappa shape index (κ1) is 9.97. The highest BCUT2D eigenvalue weighted by molar-refractivity contribution is 5.33. The molecule has 0 radical (unpaired) electrons. The Morgan fingerprint density at radius 3 is 2.80 bits per heavy atom. The van der Waals surface area contributed by atoms with E-state index < -0.39 is 0 Å². The molecule has 0 bridgehead atoms. The Morgan fingerprint density at radius 1 is 1.33 bits per heavy atom. The Kier molecular flexibility index (Phi) is 2.86. The Hall–Kier alpha value is -1.57. The predicted molar refractivity (Wildman–Crippen MR) is 61.9 cm³/mol. The maximum absolute atomic E-state index is 4.31. The average molecular weight is 200 g/mol. The largest absolute Gasteiger partial charge is 0.348 e. The van der Waals surface area contributed by atoms with E-state index >= 15 is 0 Å². The highest BCUT2D eigenvalue weighted by Crippen LogP contribution is 2.24. The minimum Gasteiger partial charge on any atom is -0.348 e. The molecule has 2 heteroatoms. The van der Waals surface area contributed by atoms with Gasteiger partial charge in [0, 0.05) is 18.3 Å². The SMILES string of the molecule is CCc1ccccc1C(C)c1ncc[nH]1. The van der Waals surface area contributed by atoms with Gasteiger partial charge in [-0.15, -0.1) is 0 Å². The first-order chi connectivity index (χ1) is 7.33. The van der Waals surface area contributed by atoms with Gasteiger partial charge in [0.1, 0.15) is 5.82 Å². The summed E-state index contributed by atoms with van der Waals surface area (Å²) >= 11 is 0. The molecule has 0 saturated heterocycles. The molecule has 1 atom stereocenters. The second-order valence-corrected chi connectivity index (χ2v) is 3.75. The van der Waals surface area contributed by atoms with Crippen LogP contribution < -0.4 is 0 Å². The van der Waals surface area contributed by atoms with Gasteiger partial charge in [0.25, 0.3) is 0 Å². The summed E-state index contributed by atoms with van der Waals surface area (Å²) in [6.45, 7) is 4.38. The lowest BCUT2D eigenvalue weighted by atomic mass is 9.94. The topological polar surface area (TPSA) is 28.7 Å². The van der Waals surface area contributed by atoms with Crippen molar-refractivity contribution in [3.63, 3.8) is 0 Å². The summed E-state index contributed by atoms with van der Waals surface area (Å²) in [6.07, 6.45) is 4.75. The van der Waals surface area contributed by atoms with Gasteiger partial charge in [-0.2, -0.15) is 0 Å². The van der Waals surface area contributed by atoms with E-state index in [2.05, 4.69) is 48.1 Å². The minimum atomic E-state index is 0.344. The number of imidazole rings is 1. The van der Waals surface area contributed by atoms with E-state index in [9.17, 15) is 0 Å². The molecule has 0 fully saturated rings. The highest BCUT2D eigenvalue weighted by Gasteiger charge is 2.12. The third-order valence-electron chi connectivity index (χ3n) is 2.83. The highest BCUT2D eigenvalue weighted by atomic mass is 14.9. The quantitative estimate of drug-likeness (QED) is 0.810. The van der Waals surface area contributed by atoms with Gasteiger partial charge in [-0.1, -0.05) is 38.1 Å². The van der Waals surface area contributed by atoms with Crippen LogP contribution >= 0.6 is 0 Å². The van der Waals surface area contributed by atoms with E-state index in [1.54, 1.807) is 6.20 Å². The summed E-state index contributed by atoms with van der Waals surface area (Å²) in [5, 5.41) is 0. The fraction of sp³-hybridized carbons (Fsp3) is 0.308. The maximum atomic E-state index is 4.31. The van der Waals surface area contributed by atoms with Crippen LogP contribution in [0.2, 0.25) is 0 Å². The molecule has 0 amide bonds. The number of nitrogens with one attached hydrogen (secondary N) is 1. The Balaban J connectivity index is 2.37. The number of rotatable bonds is 3. The zero-order chi connectivity index (χ0) is 10.7. The van der Waals surface area contributed by atoms with Gasteiger partial charge in [-0.3, -0.25) is 0 Å². The molecule has 2 aromatic rings. The number of benzene rings is 1. The van der Waals surface area contributed by atoms with Crippen molar-refractivity contribution >= 4 is 0 Å². The van der Waals surface area contributed by atoms with Gasteiger partial charge in [-0.05, 0) is 17.5 Å². The van der Waals surface area contributed by atoms with Crippen LogP contribution in [0.4, 0.5) is 0 Å². The van der Waals surface area contributed by atoms with Crippen molar-refractivity contribution in [2.75, 3.05) is 0 Å². The van der Waals surface area contributed by atoms with Crippen molar-refractivity contribution in [3.8, 4) is 0 Å². The molecule has 78 valence electrons. The third-order valence-corrected chi connectivity index (χ3v) is 2.83. The van der Waals surface area contributed by atoms with Crippen LogP contribution in [0.3, 0.4) is 0 Å². The normalized spacial score (nSPS) is 12.7. The number of aromatic amines is 1. The Labute approximate surface area is 90.4 Å². The van der Waals surface area contributed by atoms with E-state index in [1.807, 2.05) is 6.20 Å². The van der Waals surface area contributed by atoms with Crippen molar-refractivity contribution in [2.45, 2.75) is 26.2 Å². The molecule has 1 unspecified atom stereocenters. The van der Waals surface area contributed by atoms with Gasteiger partial charge < -0.3 is 4.98 Å². The monoisotopic (exact) mass is 200 g/mol. The molecule has 0 spiro atoms. The molecule has 1 N–H and O–H groups in total. The summed E-state index contributed by atoms with van der Waals surface area (Å²) in [5.41, 5.74) is 2.77. The number of aromatic nitrogens is 2. The minimum absolute atomic E-state index is 0.344. The van der Waals surface area contributed by atoms with Gasteiger partial charge in [0.05, 0.1) is 0 Å². The van der Waals surface area contributed by atoms with Gasteiger partial charge in [0.15, 0.2) is 0 Å². The van der Waals surface area contributed by atoms with Crippen molar-refractivity contribution in [2.24, 2.45) is 0 Å². The van der Waals surface area contributed by atoms with Crippen molar-refractivity contribution < 1.29 is 0 Å². The van der Waals surface area contributed by atoms with Crippen LogP contribution in [0.25, 0.3) is 0 Å². The van der Waals surface area contributed by atoms with Crippen LogP contribution in [-0.2, 0) is 6.42 Å². The molecule has 2 rings (SSSR count). The van der Waals surface area contributed by atoms with Gasteiger partial charge >= 0.3 is 0 Å². The standard InChI is InChI=1S/C13H16N2/c1-3-11-6-4-5-7-12(11)10(2)13-14-8-9-15-13/h4-10H,3H2,1-2H3,(H,14,15). The Bertz CT molecular complexity index is 418. The molecule has 1 aromatic carbocycles. The van der Waals surface area contributed by atoms with E-state index in [-0.39, 0.29) is 0 Å². The maximum Gasteiger partial charge on any atom is 0.113 e. The summed E-state index contributed by atoms with van der Waals surface area (Å²) in [5.74, 6) is 1.38. The number of nitrogens with zero attached hydrogens (tertiary/aromatic N) is 1. The number of H-pyrrole nitrogens is 1. The average Bonchev–Trinajstić information content (AvgIpc) is 2.81. The molecule has 0 aliphatic heterocycles. The van der Waals surface area contributed by atoms with Gasteiger partial charge in [-0.25, -0.2) is 4.98 Å². The van der Waals surface area contributed by atoms with E-state index in [0.29, 0.717) is 5.92 Å².